The van der Waals surface area contributed by atoms with Crippen LogP contribution < -0.4 is 9.47 Å². The van der Waals surface area contributed by atoms with Crippen molar-refractivity contribution in [3.8, 4) is 11.5 Å². The number of hydrogen-bond acceptors (Lipinski definition) is 5. The second kappa shape index (κ2) is 8.48. The molecule has 0 N–H and O–H groups in total. The maximum absolute atomic E-state index is 13.8. The summed E-state index contributed by atoms with van der Waals surface area (Å²) < 4.78 is 36.6. The molecule has 0 aliphatic carbocycles. The lowest BCUT2D eigenvalue weighted by Gasteiger charge is -2.42. The lowest BCUT2D eigenvalue weighted by molar-refractivity contribution is -0.0439. The Kier molecular flexibility index (Phi) is 5.90. The molecule has 0 bridgehead atoms. The van der Waals surface area contributed by atoms with Crippen LogP contribution in [0.3, 0.4) is 0 Å². The van der Waals surface area contributed by atoms with E-state index in [-0.39, 0.29) is 25.4 Å². The largest absolute Gasteiger partial charge is 0.493 e. The Hall–Kier alpha value is -2.64. The van der Waals surface area contributed by atoms with Gasteiger partial charge >= 0.3 is 0 Å². The van der Waals surface area contributed by atoms with Gasteiger partial charge in [0.15, 0.2) is 11.5 Å². The van der Waals surface area contributed by atoms with Crippen molar-refractivity contribution in [1.29, 1.82) is 0 Å². The number of likely N-dealkylation sites (tertiary alicyclic amines) is 1. The smallest absolute Gasteiger partial charge is 0.254 e. The number of rotatable bonds is 6. The van der Waals surface area contributed by atoms with E-state index in [0.29, 0.717) is 36.6 Å². The lowest BCUT2D eigenvalue weighted by Crippen LogP contribution is -2.53. The van der Waals surface area contributed by atoms with E-state index >= 15 is 0 Å². The molecule has 2 aliphatic heterocycles. The zero-order chi connectivity index (χ0) is 22.1. The van der Waals surface area contributed by atoms with Crippen LogP contribution in [0.25, 0.3) is 0 Å². The van der Waals surface area contributed by atoms with Crippen molar-refractivity contribution >= 4 is 5.91 Å². The van der Waals surface area contributed by atoms with Gasteiger partial charge in [0.05, 0.1) is 13.7 Å². The summed E-state index contributed by atoms with van der Waals surface area (Å²) in [6.07, 6.45) is 0.418. The fourth-order valence-corrected chi connectivity index (χ4v) is 4.14. The number of amides is 1. The highest BCUT2D eigenvalue weighted by molar-refractivity contribution is 5.95. The third-order valence-electron chi connectivity index (χ3n) is 5.78. The van der Waals surface area contributed by atoms with E-state index in [2.05, 4.69) is 0 Å². The summed E-state index contributed by atoms with van der Waals surface area (Å²) in [6.45, 7) is 3.97. The Morgan fingerprint density at radius 3 is 2.71 bits per heavy atom. The molecule has 7 heteroatoms. The molecule has 1 amide bonds. The molecule has 31 heavy (non-hydrogen) atoms. The van der Waals surface area contributed by atoms with Gasteiger partial charge in [-0.05, 0) is 37.6 Å². The lowest BCUT2D eigenvalue weighted by atomic mass is 9.82. The number of carbonyl (C=O) groups excluding carboxylic acids is 1. The number of alkyl halides is 1. The molecule has 2 aromatic rings. The first kappa shape index (κ1) is 21.6. The molecular weight excluding hydrogens is 401 g/mol. The third kappa shape index (κ3) is 4.38. The average Bonchev–Trinajstić information content (AvgIpc) is 3.21. The van der Waals surface area contributed by atoms with Crippen molar-refractivity contribution in [3.05, 3.63) is 59.7 Å². The Labute approximate surface area is 181 Å². The molecule has 0 unspecified atom stereocenters. The van der Waals surface area contributed by atoms with Gasteiger partial charge in [-0.15, -0.1) is 0 Å². The number of halogens is 1. The van der Waals surface area contributed by atoms with E-state index in [1.54, 1.807) is 23.1 Å². The molecular formula is C24H28FNO5. The van der Waals surface area contributed by atoms with E-state index in [4.69, 9.17) is 18.9 Å². The molecule has 2 fully saturated rings. The van der Waals surface area contributed by atoms with Crippen molar-refractivity contribution < 1.29 is 28.1 Å². The summed E-state index contributed by atoms with van der Waals surface area (Å²) in [6, 6.07) is 15.0. The topological polar surface area (TPSA) is 57.2 Å². The molecule has 0 spiro atoms. The highest BCUT2D eigenvalue weighted by atomic mass is 19.1. The minimum Gasteiger partial charge on any atom is -0.493 e. The van der Waals surface area contributed by atoms with Gasteiger partial charge in [-0.1, -0.05) is 30.3 Å². The van der Waals surface area contributed by atoms with E-state index in [1.807, 2.05) is 30.3 Å². The van der Waals surface area contributed by atoms with Crippen molar-refractivity contribution in [2.45, 2.75) is 37.6 Å². The summed E-state index contributed by atoms with van der Waals surface area (Å²) in [7, 11) is 1.50. The number of piperidine rings is 1. The first-order valence-corrected chi connectivity index (χ1v) is 10.4. The van der Waals surface area contributed by atoms with Crippen LogP contribution in [0.15, 0.2) is 48.5 Å². The number of nitrogens with zero attached hydrogens (tertiary/aromatic N) is 1. The van der Waals surface area contributed by atoms with E-state index in [0.717, 1.165) is 5.56 Å². The van der Waals surface area contributed by atoms with Gasteiger partial charge in [0.1, 0.15) is 30.8 Å². The number of hydrogen-bond donors (Lipinski definition) is 0. The SMILES string of the molecule is COc1cc(C(=O)N2CC[C@]3(c4ccccc4)OCO[C@@H]3C2)ccc1OCC(C)(C)F. The molecule has 0 aromatic heterocycles. The standard InChI is InChI=1S/C24H28FNO5/c1-23(2,25)15-29-19-10-9-17(13-20(19)28-3)22(27)26-12-11-24(18-7-5-4-6-8-18)21(14-26)30-16-31-24/h4-10,13,21H,11-12,14-16H2,1-3H3/t21-,24-/m1/s1. The molecule has 2 atom stereocenters. The quantitative estimate of drug-likeness (QED) is 0.696. The number of methoxy groups -OCH3 is 1. The predicted molar refractivity (Wildman–Crippen MR) is 113 cm³/mol. The Morgan fingerprint density at radius 1 is 1.23 bits per heavy atom. The van der Waals surface area contributed by atoms with Gasteiger partial charge in [0, 0.05) is 18.5 Å². The Bertz CT molecular complexity index is 929. The number of ether oxygens (including phenoxy) is 4. The van der Waals surface area contributed by atoms with Gasteiger partial charge < -0.3 is 23.8 Å². The molecule has 0 saturated carbocycles. The molecule has 2 heterocycles. The minimum atomic E-state index is -1.47. The van der Waals surface area contributed by atoms with Crippen molar-refractivity contribution in [2.75, 3.05) is 33.6 Å². The second-order valence-electron chi connectivity index (χ2n) is 8.55. The van der Waals surface area contributed by atoms with Crippen molar-refractivity contribution in [3.63, 3.8) is 0 Å². The Balaban J connectivity index is 1.49. The van der Waals surface area contributed by atoms with Crippen LogP contribution in [0, 0.1) is 0 Å². The van der Waals surface area contributed by atoms with Gasteiger partial charge in [0.25, 0.3) is 5.91 Å². The summed E-state index contributed by atoms with van der Waals surface area (Å²) in [5.41, 5.74) is -0.437. The zero-order valence-electron chi connectivity index (χ0n) is 18.1. The van der Waals surface area contributed by atoms with Crippen LogP contribution in [0.1, 0.15) is 36.2 Å². The number of carbonyl (C=O) groups is 1. The average molecular weight is 429 g/mol. The van der Waals surface area contributed by atoms with E-state index < -0.39 is 11.3 Å². The first-order chi connectivity index (χ1) is 14.8. The molecule has 0 radical (unpaired) electrons. The number of fused-ring (bicyclic) bond motifs is 1. The van der Waals surface area contributed by atoms with Crippen molar-refractivity contribution in [2.24, 2.45) is 0 Å². The zero-order valence-corrected chi connectivity index (χ0v) is 18.1. The van der Waals surface area contributed by atoms with Crippen LogP contribution in [0.4, 0.5) is 4.39 Å². The highest BCUT2D eigenvalue weighted by Gasteiger charge is 2.51. The van der Waals surface area contributed by atoms with Gasteiger partial charge in [-0.2, -0.15) is 0 Å². The van der Waals surface area contributed by atoms with Gasteiger partial charge in [0.2, 0.25) is 0 Å². The van der Waals surface area contributed by atoms with Crippen LogP contribution in [-0.2, 0) is 15.1 Å². The second-order valence-corrected chi connectivity index (χ2v) is 8.55. The summed E-state index contributed by atoms with van der Waals surface area (Å²) in [5, 5.41) is 0. The third-order valence-corrected chi connectivity index (χ3v) is 5.78. The molecule has 166 valence electrons. The van der Waals surface area contributed by atoms with Crippen LogP contribution in [0.5, 0.6) is 11.5 Å². The first-order valence-electron chi connectivity index (χ1n) is 10.4. The molecule has 4 rings (SSSR count). The number of benzene rings is 2. The summed E-state index contributed by atoms with van der Waals surface area (Å²) in [5.74, 6) is 0.679. The molecule has 2 aliphatic rings. The maximum Gasteiger partial charge on any atom is 0.254 e. The molecule has 2 saturated heterocycles. The Morgan fingerprint density at radius 2 is 2.00 bits per heavy atom. The molecule has 2 aromatic carbocycles. The van der Waals surface area contributed by atoms with Crippen LogP contribution >= 0.6 is 0 Å². The van der Waals surface area contributed by atoms with E-state index in [1.165, 1.54) is 21.0 Å². The normalized spacial score (nSPS) is 23.4. The summed E-state index contributed by atoms with van der Waals surface area (Å²) >= 11 is 0. The highest BCUT2D eigenvalue weighted by Crippen LogP contribution is 2.42. The fraction of sp³-hybridized carbons (Fsp3) is 0.458. The summed E-state index contributed by atoms with van der Waals surface area (Å²) in [4.78, 5) is 15.0. The minimum absolute atomic E-state index is 0.108. The van der Waals surface area contributed by atoms with E-state index in [9.17, 15) is 9.18 Å². The van der Waals surface area contributed by atoms with Crippen LogP contribution in [-0.4, -0.2) is 56.2 Å². The fourth-order valence-electron chi connectivity index (χ4n) is 4.14. The van der Waals surface area contributed by atoms with Gasteiger partial charge in [-0.3, -0.25) is 4.79 Å². The monoisotopic (exact) mass is 429 g/mol. The maximum atomic E-state index is 13.8. The van der Waals surface area contributed by atoms with Crippen LogP contribution in [0.2, 0.25) is 0 Å². The molecule has 6 nitrogen and oxygen atoms in total. The van der Waals surface area contributed by atoms with Crippen molar-refractivity contribution in [1.82, 2.24) is 4.90 Å². The predicted octanol–water partition coefficient (Wildman–Crippen LogP) is 3.94. The van der Waals surface area contributed by atoms with Gasteiger partial charge in [-0.25, -0.2) is 4.39 Å².